The lowest BCUT2D eigenvalue weighted by molar-refractivity contribution is -0.386. The molecule has 0 amide bonds. The zero-order valence-electron chi connectivity index (χ0n) is 13.5. The standard InChI is InChI=1S/C15H11F2NO8S/c1-2-26-15(21)9-3-7(16)4-10(17)14(9)27(24,25)8-5-11(18(22)23)13(20)12(19)6-8/h3-6,19-20H,2H2,1H3. The molecular formula is C15H11F2NO8S. The number of nitro benzene ring substituents is 1. The number of carbonyl (C=O) groups excluding carboxylic acids is 1. The summed E-state index contributed by atoms with van der Waals surface area (Å²) in [4.78, 5) is 19.4. The smallest absolute Gasteiger partial charge is 0.339 e. The van der Waals surface area contributed by atoms with Crippen LogP contribution in [-0.4, -0.2) is 36.1 Å². The third kappa shape index (κ3) is 3.65. The Morgan fingerprint density at radius 2 is 1.85 bits per heavy atom. The van der Waals surface area contributed by atoms with E-state index in [0.29, 0.717) is 18.2 Å². The van der Waals surface area contributed by atoms with Crippen LogP contribution in [0.1, 0.15) is 17.3 Å². The molecule has 2 N–H and O–H groups in total. The van der Waals surface area contributed by atoms with Gasteiger partial charge in [0, 0.05) is 18.2 Å². The van der Waals surface area contributed by atoms with Crippen LogP contribution < -0.4 is 0 Å². The quantitative estimate of drug-likeness (QED) is 0.254. The summed E-state index contributed by atoms with van der Waals surface area (Å²) in [5.41, 5.74) is -2.14. The fraction of sp³-hybridized carbons (Fsp3) is 0.133. The molecule has 0 unspecified atom stereocenters. The van der Waals surface area contributed by atoms with Crippen LogP contribution in [0.2, 0.25) is 0 Å². The highest BCUT2D eigenvalue weighted by atomic mass is 32.2. The van der Waals surface area contributed by atoms with Crippen molar-refractivity contribution in [3.8, 4) is 11.5 Å². The Hall–Kier alpha value is -3.28. The average molecular weight is 403 g/mol. The molecule has 0 fully saturated rings. The molecule has 2 aromatic carbocycles. The van der Waals surface area contributed by atoms with Gasteiger partial charge in [0.15, 0.2) is 5.75 Å². The molecule has 0 saturated heterocycles. The molecule has 12 heteroatoms. The van der Waals surface area contributed by atoms with Crippen molar-refractivity contribution in [3.05, 3.63) is 51.6 Å². The number of phenols is 2. The molecular weight excluding hydrogens is 392 g/mol. The van der Waals surface area contributed by atoms with Gasteiger partial charge in [-0.25, -0.2) is 22.0 Å². The topological polar surface area (TPSA) is 144 Å². The Balaban J connectivity index is 2.82. The van der Waals surface area contributed by atoms with Gasteiger partial charge in [0.05, 0.1) is 22.0 Å². The van der Waals surface area contributed by atoms with Crippen LogP contribution in [0.5, 0.6) is 11.5 Å². The molecule has 144 valence electrons. The summed E-state index contributed by atoms with van der Waals surface area (Å²) in [5, 5.41) is 29.9. The molecule has 0 heterocycles. The summed E-state index contributed by atoms with van der Waals surface area (Å²) in [6, 6.07) is 1.42. The lowest BCUT2D eigenvalue weighted by Crippen LogP contribution is -2.15. The van der Waals surface area contributed by atoms with Crippen molar-refractivity contribution < 1.29 is 41.9 Å². The summed E-state index contributed by atoms with van der Waals surface area (Å²) in [6.07, 6.45) is 0. The van der Waals surface area contributed by atoms with E-state index in [0.717, 1.165) is 0 Å². The van der Waals surface area contributed by atoms with E-state index in [9.17, 15) is 42.3 Å². The maximum atomic E-state index is 14.3. The number of esters is 1. The van der Waals surface area contributed by atoms with E-state index in [1.165, 1.54) is 6.92 Å². The summed E-state index contributed by atoms with van der Waals surface area (Å²) >= 11 is 0. The highest BCUT2D eigenvalue weighted by molar-refractivity contribution is 7.91. The van der Waals surface area contributed by atoms with Crippen molar-refractivity contribution in [2.75, 3.05) is 6.61 Å². The lowest BCUT2D eigenvalue weighted by Gasteiger charge is -2.12. The number of phenolic OH excluding ortho intramolecular Hbond substituents is 2. The zero-order valence-corrected chi connectivity index (χ0v) is 14.3. The number of nitrogens with zero attached hydrogens (tertiary/aromatic N) is 1. The van der Waals surface area contributed by atoms with Gasteiger partial charge in [0.25, 0.3) is 0 Å². The summed E-state index contributed by atoms with van der Waals surface area (Å²) in [5.74, 6) is -6.61. The van der Waals surface area contributed by atoms with Crippen LogP contribution in [0.3, 0.4) is 0 Å². The third-order valence-electron chi connectivity index (χ3n) is 3.32. The Labute approximate surface area is 150 Å². The number of hydrogen-bond donors (Lipinski definition) is 2. The molecule has 0 saturated carbocycles. The van der Waals surface area contributed by atoms with Gasteiger partial charge in [-0.05, 0) is 13.0 Å². The van der Waals surface area contributed by atoms with Crippen LogP contribution in [0.25, 0.3) is 0 Å². The predicted molar refractivity (Wildman–Crippen MR) is 84.2 cm³/mol. The van der Waals surface area contributed by atoms with E-state index >= 15 is 0 Å². The first-order valence-electron chi connectivity index (χ1n) is 7.12. The van der Waals surface area contributed by atoms with Gasteiger partial charge >= 0.3 is 11.7 Å². The molecule has 0 radical (unpaired) electrons. The molecule has 0 atom stereocenters. The number of rotatable bonds is 5. The van der Waals surface area contributed by atoms with E-state index in [4.69, 9.17) is 0 Å². The van der Waals surface area contributed by atoms with E-state index in [2.05, 4.69) is 4.74 Å². The second-order valence-electron chi connectivity index (χ2n) is 5.06. The number of hydrogen-bond acceptors (Lipinski definition) is 8. The molecule has 0 aliphatic rings. The van der Waals surface area contributed by atoms with Crippen LogP contribution >= 0.6 is 0 Å². The number of sulfone groups is 1. The Morgan fingerprint density at radius 3 is 2.41 bits per heavy atom. The van der Waals surface area contributed by atoms with Gasteiger partial charge in [-0.3, -0.25) is 10.1 Å². The van der Waals surface area contributed by atoms with Crippen molar-refractivity contribution in [2.24, 2.45) is 0 Å². The summed E-state index contributed by atoms with van der Waals surface area (Å²) < 4.78 is 57.8. The van der Waals surface area contributed by atoms with E-state index in [1.54, 1.807) is 0 Å². The monoisotopic (exact) mass is 403 g/mol. The Bertz CT molecular complexity index is 1050. The summed E-state index contributed by atoms with van der Waals surface area (Å²) in [7, 11) is -4.99. The molecule has 27 heavy (non-hydrogen) atoms. The van der Waals surface area contributed by atoms with Crippen molar-refractivity contribution in [3.63, 3.8) is 0 Å². The highest BCUT2D eigenvalue weighted by Crippen LogP contribution is 2.39. The zero-order chi connectivity index (χ0) is 20.5. The molecule has 0 bridgehead atoms. The average Bonchev–Trinajstić information content (AvgIpc) is 2.55. The van der Waals surface area contributed by atoms with Gasteiger partial charge < -0.3 is 14.9 Å². The van der Waals surface area contributed by atoms with E-state index < -0.39 is 64.9 Å². The normalized spacial score (nSPS) is 11.2. The van der Waals surface area contributed by atoms with Crippen molar-refractivity contribution >= 4 is 21.5 Å². The molecule has 9 nitrogen and oxygen atoms in total. The highest BCUT2D eigenvalue weighted by Gasteiger charge is 2.33. The number of aromatic hydroxyl groups is 2. The first-order valence-corrected chi connectivity index (χ1v) is 8.60. The fourth-order valence-electron chi connectivity index (χ4n) is 2.19. The maximum Gasteiger partial charge on any atom is 0.339 e. The summed E-state index contributed by atoms with van der Waals surface area (Å²) in [6.45, 7) is 1.16. The van der Waals surface area contributed by atoms with Crippen molar-refractivity contribution in [1.29, 1.82) is 0 Å². The minimum Gasteiger partial charge on any atom is -0.504 e. The van der Waals surface area contributed by atoms with Crippen molar-refractivity contribution in [2.45, 2.75) is 16.7 Å². The minimum atomic E-state index is -4.99. The van der Waals surface area contributed by atoms with Gasteiger partial charge in [0.1, 0.15) is 16.5 Å². The largest absolute Gasteiger partial charge is 0.504 e. The predicted octanol–water partition coefficient (Wildman–Crippen LogP) is 2.29. The molecule has 0 aliphatic heterocycles. The van der Waals surface area contributed by atoms with Crippen LogP contribution in [0.15, 0.2) is 34.1 Å². The van der Waals surface area contributed by atoms with Crippen molar-refractivity contribution in [1.82, 2.24) is 0 Å². The minimum absolute atomic E-state index is 0.199. The molecule has 0 aliphatic carbocycles. The molecule has 0 aromatic heterocycles. The van der Waals surface area contributed by atoms with Crippen LogP contribution in [0.4, 0.5) is 14.5 Å². The SMILES string of the molecule is CCOC(=O)c1cc(F)cc(F)c1S(=O)(=O)c1cc(O)c(O)c([N+](=O)[O-])c1. The second kappa shape index (κ2) is 7.15. The van der Waals surface area contributed by atoms with Gasteiger partial charge in [0.2, 0.25) is 15.6 Å². The van der Waals surface area contributed by atoms with Crippen LogP contribution in [0, 0.1) is 21.7 Å². The Morgan fingerprint density at radius 1 is 1.22 bits per heavy atom. The lowest BCUT2D eigenvalue weighted by atomic mass is 10.2. The fourth-order valence-corrected chi connectivity index (χ4v) is 3.70. The van der Waals surface area contributed by atoms with Crippen LogP contribution in [-0.2, 0) is 14.6 Å². The maximum absolute atomic E-state index is 14.3. The first kappa shape index (κ1) is 20.0. The first-order chi connectivity index (χ1) is 12.5. The number of ether oxygens (including phenoxy) is 1. The Kier molecular flexibility index (Phi) is 5.31. The van der Waals surface area contributed by atoms with Gasteiger partial charge in [-0.2, -0.15) is 0 Å². The van der Waals surface area contributed by atoms with Gasteiger partial charge in [-0.15, -0.1) is 0 Å². The number of halogens is 2. The van der Waals surface area contributed by atoms with E-state index in [-0.39, 0.29) is 12.7 Å². The molecule has 0 spiro atoms. The number of benzene rings is 2. The van der Waals surface area contributed by atoms with E-state index in [1.807, 2.05) is 0 Å². The molecule has 2 rings (SSSR count). The number of carbonyl (C=O) groups is 1. The number of nitro groups is 1. The third-order valence-corrected chi connectivity index (χ3v) is 5.13. The molecule has 2 aromatic rings. The van der Waals surface area contributed by atoms with Gasteiger partial charge in [-0.1, -0.05) is 0 Å². The second-order valence-corrected chi connectivity index (χ2v) is 6.94.